The minimum Gasteiger partial charge on any atom is -0.508 e. The minimum atomic E-state index is 0.279. The number of aromatic nitrogens is 3. The molecule has 3 rings (SSSR count). The molecule has 110 valence electrons. The first kappa shape index (κ1) is 15.0. The summed E-state index contributed by atoms with van der Waals surface area (Å²) in [6.45, 7) is 9.94. The zero-order valence-corrected chi connectivity index (χ0v) is 13.2. The van der Waals surface area contributed by atoms with Crippen molar-refractivity contribution in [2.45, 2.75) is 34.6 Å². The van der Waals surface area contributed by atoms with Crippen LogP contribution >= 0.6 is 0 Å². The highest BCUT2D eigenvalue weighted by molar-refractivity contribution is 5.70. The molecule has 3 aromatic rings. The summed E-state index contributed by atoms with van der Waals surface area (Å²) in [6.07, 6.45) is 3.72. The first-order valence-electron chi connectivity index (χ1n) is 7.18. The van der Waals surface area contributed by atoms with Crippen LogP contribution in [-0.4, -0.2) is 19.5 Å². The Morgan fingerprint density at radius 1 is 1.05 bits per heavy atom. The molecule has 4 heteroatoms. The van der Waals surface area contributed by atoms with Crippen molar-refractivity contribution in [1.29, 1.82) is 0 Å². The monoisotopic (exact) mass is 283 g/mol. The molecule has 0 saturated carbocycles. The van der Waals surface area contributed by atoms with Crippen molar-refractivity contribution < 1.29 is 5.11 Å². The number of fused-ring (bicyclic) bond motifs is 1. The largest absolute Gasteiger partial charge is 0.508 e. The lowest BCUT2D eigenvalue weighted by atomic mass is 10.0. The molecule has 0 radical (unpaired) electrons. The molecule has 0 aliphatic heterocycles. The zero-order chi connectivity index (χ0) is 15.6. The fourth-order valence-electron chi connectivity index (χ4n) is 2.52. The van der Waals surface area contributed by atoms with E-state index in [-0.39, 0.29) is 5.75 Å². The smallest absolute Gasteiger partial charge is 0.158 e. The molecular weight excluding hydrogens is 262 g/mol. The second-order valence-corrected chi connectivity index (χ2v) is 4.75. The highest BCUT2D eigenvalue weighted by Gasteiger charge is 2.13. The lowest BCUT2D eigenvalue weighted by Gasteiger charge is -2.13. The van der Waals surface area contributed by atoms with E-state index in [0.29, 0.717) is 0 Å². The SMILES string of the molecule is CC.Cc1cc(O)ccc1-c1c(C)nc(C)c2nccn12. The maximum absolute atomic E-state index is 9.54. The molecule has 0 aliphatic rings. The van der Waals surface area contributed by atoms with E-state index in [1.807, 2.05) is 46.9 Å². The molecule has 2 aromatic heterocycles. The van der Waals surface area contributed by atoms with Crippen LogP contribution in [-0.2, 0) is 0 Å². The van der Waals surface area contributed by atoms with E-state index in [0.717, 1.165) is 33.9 Å². The topological polar surface area (TPSA) is 50.4 Å². The Balaban J connectivity index is 0.000000774. The second kappa shape index (κ2) is 5.95. The quantitative estimate of drug-likeness (QED) is 0.733. The fourth-order valence-corrected chi connectivity index (χ4v) is 2.52. The summed E-state index contributed by atoms with van der Waals surface area (Å²) in [7, 11) is 0. The molecular formula is C17H21N3O. The van der Waals surface area contributed by atoms with Gasteiger partial charge in [0.25, 0.3) is 0 Å². The first-order valence-corrected chi connectivity index (χ1v) is 7.18. The molecule has 21 heavy (non-hydrogen) atoms. The van der Waals surface area contributed by atoms with Crippen LogP contribution in [0.1, 0.15) is 30.8 Å². The maximum atomic E-state index is 9.54. The molecule has 0 amide bonds. The zero-order valence-electron chi connectivity index (χ0n) is 13.2. The summed E-state index contributed by atoms with van der Waals surface area (Å²) >= 11 is 0. The molecule has 1 aromatic carbocycles. The first-order chi connectivity index (χ1) is 10.1. The number of phenolic OH excluding ortho intramolecular Hbond substituents is 1. The van der Waals surface area contributed by atoms with E-state index < -0.39 is 0 Å². The molecule has 0 bridgehead atoms. The van der Waals surface area contributed by atoms with Crippen molar-refractivity contribution in [3.63, 3.8) is 0 Å². The maximum Gasteiger partial charge on any atom is 0.158 e. The number of phenols is 1. The van der Waals surface area contributed by atoms with Gasteiger partial charge in [0.1, 0.15) is 5.75 Å². The summed E-state index contributed by atoms with van der Waals surface area (Å²) in [5, 5.41) is 9.54. The van der Waals surface area contributed by atoms with Crippen molar-refractivity contribution >= 4 is 5.65 Å². The van der Waals surface area contributed by atoms with E-state index in [4.69, 9.17) is 0 Å². The van der Waals surface area contributed by atoms with Crippen molar-refractivity contribution in [3.05, 3.63) is 47.5 Å². The Morgan fingerprint density at radius 3 is 2.43 bits per heavy atom. The highest BCUT2D eigenvalue weighted by Crippen LogP contribution is 2.29. The van der Waals surface area contributed by atoms with Crippen LogP contribution in [0.25, 0.3) is 16.9 Å². The molecule has 1 N–H and O–H groups in total. The van der Waals surface area contributed by atoms with Gasteiger partial charge >= 0.3 is 0 Å². The number of hydrogen-bond donors (Lipinski definition) is 1. The number of nitrogens with zero attached hydrogens (tertiary/aromatic N) is 3. The summed E-state index contributed by atoms with van der Waals surface area (Å²) in [6, 6.07) is 5.38. The number of rotatable bonds is 1. The number of aryl methyl sites for hydroxylation is 3. The minimum absolute atomic E-state index is 0.279. The van der Waals surface area contributed by atoms with E-state index in [1.54, 1.807) is 18.3 Å². The second-order valence-electron chi connectivity index (χ2n) is 4.75. The standard InChI is InChI=1S/C15H15N3O.C2H6/c1-9-8-12(19)4-5-13(9)14-10(2)17-11(3)15-16-6-7-18(14)15;1-2/h4-8,19H,1-3H3;1-2H3. The van der Waals surface area contributed by atoms with Gasteiger partial charge in [0.2, 0.25) is 0 Å². The summed E-state index contributed by atoms with van der Waals surface area (Å²) in [5.41, 5.74) is 5.85. The van der Waals surface area contributed by atoms with Crippen LogP contribution in [0.15, 0.2) is 30.6 Å². The van der Waals surface area contributed by atoms with Crippen LogP contribution in [0, 0.1) is 20.8 Å². The van der Waals surface area contributed by atoms with Gasteiger partial charge in [0, 0.05) is 18.0 Å². The van der Waals surface area contributed by atoms with Crippen molar-refractivity contribution in [2.24, 2.45) is 0 Å². The van der Waals surface area contributed by atoms with Crippen molar-refractivity contribution in [1.82, 2.24) is 14.4 Å². The van der Waals surface area contributed by atoms with Crippen LogP contribution in [0.2, 0.25) is 0 Å². The normalized spacial score (nSPS) is 10.3. The number of hydrogen-bond acceptors (Lipinski definition) is 3. The molecule has 4 nitrogen and oxygen atoms in total. The number of benzene rings is 1. The summed E-state index contributed by atoms with van der Waals surface area (Å²) < 4.78 is 2.05. The van der Waals surface area contributed by atoms with Crippen LogP contribution in [0.5, 0.6) is 5.75 Å². The van der Waals surface area contributed by atoms with Crippen molar-refractivity contribution in [3.8, 4) is 17.0 Å². The van der Waals surface area contributed by atoms with Gasteiger partial charge in [-0.3, -0.25) is 9.38 Å². The van der Waals surface area contributed by atoms with Crippen molar-refractivity contribution in [2.75, 3.05) is 0 Å². The highest BCUT2D eigenvalue weighted by atomic mass is 16.3. The molecule has 0 aliphatic carbocycles. The van der Waals surface area contributed by atoms with E-state index >= 15 is 0 Å². The lowest BCUT2D eigenvalue weighted by Crippen LogP contribution is -2.02. The Morgan fingerprint density at radius 2 is 1.76 bits per heavy atom. The lowest BCUT2D eigenvalue weighted by molar-refractivity contribution is 0.475. The predicted molar refractivity (Wildman–Crippen MR) is 85.6 cm³/mol. The van der Waals surface area contributed by atoms with E-state index in [1.165, 1.54) is 0 Å². The van der Waals surface area contributed by atoms with Gasteiger partial charge in [0.15, 0.2) is 5.65 Å². The number of aromatic hydroxyl groups is 1. The third-order valence-corrected chi connectivity index (χ3v) is 3.35. The Bertz CT molecular complexity index is 775. The fraction of sp³-hybridized carbons (Fsp3) is 0.294. The average Bonchev–Trinajstić information content (AvgIpc) is 2.93. The van der Waals surface area contributed by atoms with Gasteiger partial charge in [0.05, 0.1) is 17.1 Å². The van der Waals surface area contributed by atoms with Crippen LogP contribution < -0.4 is 0 Å². The van der Waals surface area contributed by atoms with Crippen LogP contribution in [0.3, 0.4) is 0 Å². The van der Waals surface area contributed by atoms with E-state index in [2.05, 4.69) is 14.4 Å². The molecule has 0 spiro atoms. The van der Waals surface area contributed by atoms with Gasteiger partial charge in [-0.15, -0.1) is 0 Å². The molecule has 0 fully saturated rings. The number of imidazole rings is 1. The predicted octanol–water partition coefficient (Wildman–Crippen LogP) is 4.05. The Kier molecular flexibility index (Phi) is 4.26. The summed E-state index contributed by atoms with van der Waals surface area (Å²) in [5.74, 6) is 0.279. The third-order valence-electron chi connectivity index (χ3n) is 3.35. The molecule has 0 atom stereocenters. The third kappa shape index (κ3) is 2.61. The molecule has 0 unspecified atom stereocenters. The van der Waals surface area contributed by atoms with E-state index in [9.17, 15) is 5.11 Å². The molecule has 2 heterocycles. The molecule has 0 saturated heterocycles. The average molecular weight is 283 g/mol. The van der Waals surface area contributed by atoms with Crippen LogP contribution in [0.4, 0.5) is 0 Å². The summed E-state index contributed by atoms with van der Waals surface area (Å²) in [4.78, 5) is 8.91. The van der Waals surface area contributed by atoms with Gasteiger partial charge in [-0.05, 0) is 44.5 Å². The van der Waals surface area contributed by atoms with Gasteiger partial charge in [-0.25, -0.2) is 4.98 Å². The van der Waals surface area contributed by atoms with Gasteiger partial charge in [-0.1, -0.05) is 13.8 Å². The van der Waals surface area contributed by atoms with Gasteiger partial charge < -0.3 is 5.11 Å². The Labute approximate surface area is 125 Å². The Hall–Kier alpha value is -2.36. The van der Waals surface area contributed by atoms with Gasteiger partial charge in [-0.2, -0.15) is 0 Å².